The number of nitriles is 2. The lowest BCUT2D eigenvalue weighted by molar-refractivity contribution is 0.480. The van der Waals surface area contributed by atoms with Crippen molar-refractivity contribution in [2.45, 2.75) is 83.8 Å². The minimum atomic E-state index is 0.0477. The molecule has 0 radical (unpaired) electrons. The van der Waals surface area contributed by atoms with Gasteiger partial charge in [0.05, 0.1) is 0 Å². The maximum atomic E-state index is 8.88. The zero-order chi connectivity index (χ0) is 23.5. The van der Waals surface area contributed by atoms with Crippen molar-refractivity contribution in [3.63, 3.8) is 0 Å². The molecular weight excluding hydrogens is 477 g/mol. The first-order valence-corrected chi connectivity index (χ1v) is 12.4. The minimum Gasteiger partial charge on any atom is -0.386 e. The van der Waals surface area contributed by atoms with Crippen LogP contribution in [0.4, 0.5) is 0 Å². The third-order valence-electron chi connectivity index (χ3n) is 5.34. The van der Waals surface area contributed by atoms with Gasteiger partial charge in [0.15, 0.2) is 11.5 Å². The van der Waals surface area contributed by atoms with Crippen LogP contribution in [-0.2, 0) is 0 Å². The van der Waals surface area contributed by atoms with E-state index in [2.05, 4.69) is 57.4 Å². The molecule has 2 aromatic carbocycles. The first kappa shape index (κ1) is 26.7. The van der Waals surface area contributed by atoms with Crippen molar-refractivity contribution in [1.82, 2.24) is 0 Å². The van der Waals surface area contributed by atoms with Gasteiger partial charge in [0.1, 0.15) is 0 Å². The summed E-state index contributed by atoms with van der Waals surface area (Å²) < 4.78 is 10.0. The van der Waals surface area contributed by atoms with Crippen molar-refractivity contribution in [3.05, 3.63) is 35.4 Å². The van der Waals surface area contributed by atoms with Crippen molar-refractivity contribution < 1.29 is 9.47 Å². The van der Waals surface area contributed by atoms with Crippen LogP contribution in [0.3, 0.4) is 0 Å². The molecule has 0 fully saturated rings. The van der Waals surface area contributed by atoms with E-state index in [1.165, 1.54) is 32.1 Å². The molecule has 8 heteroatoms. The first-order valence-electron chi connectivity index (χ1n) is 10.7. The van der Waals surface area contributed by atoms with Crippen molar-refractivity contribution in [1.29, 1.82) is 10.5 Å². The molecule has 0 N–H and O–H groups in total. The Hall–Kier alpha value is -1.58. The summed E-state index contributed by atoms with van der Waals surface area (Å²) in [5.74, 6) is 0.742. The van der Waals surface area contributed by atoms with Crippen LogP contribution in [0.25, 0.3) is 0 Å². The van der Waals surface area contributed by atoms with E-state index in [0.717, 1.165) is 30.4 Å². The maximum Gasteiger partial charge on any atom is 0.292 e. The van der Waals surface area contributed by atoms with E-state index in [4.69, 9.17) is 20.0 Å². The lowest BCUT2D eigenvalue weighted by atomic mass is 9.86. The predicted molar refractivity (Wildman–Crippen MR) is 139 cm³/mol. The maximum absolute atomic E-state index is 8.88. The van der Waals surface area contributed by atoms with E-state index in [1.54, 1.807) is 12.5 Å². The fourth-order valence-corrected chi connectivity index (χ4v) is 5.21. The monoisotopic (exact) mass is 504 g/mol. The number of thiol groups is 4. The summed E-state index contributed by atoms with van der Waals surface area (Å²) in [6.45, 7) is 2.22. The second-order valence-electron chi connectivity index (χ2n) is 7.63. The van der Waals surface area contributed by atoms with Gasteiger partial charge in [-0.2, -0.15) is 0 Å². The van der Waals surface area contributed by atoms with E-state index in [1.807, 2.05) is 24.3 Å². The molecule has 0 unspecified atom stereocenters. The molecule has 32 heavy (non-hydrogen) atoms. The Morgan fingerprint density at radius 1 is 0.688 bits per heavy atom. The van der Waals surface area contributed by atoms with Gasteiger partial charge in [-0.3, -0.25) is 0 Å². The summed E-state index contributed by atoms with van der Waals surface area (Å²) in [4.78, 5) is 2.22. The normalized spacial score (nSPS) is 10.6. The fraction of sp³-hybridized carbons (Fsp3) is 0.417. The third kappa shape index (κ3) is 7.49. The van der Waals surface area contributed by atoms with Gasteiger partial charge in [-0.15, -0.1) is 61.0 Å². The minimum absolute atomic E-state index is 0.0477. The number of ether oxygens (including phenoxy) is 2. The smallest absolute Gasteiger partial charge is 0.292 e. The molecule has 0 amide bonds. The predicted octanol–water partition coefficient (Wildman–Crippen LogP) is 7.83. The molecule has 2 aromatic rings. The Morgan fingerprint density at radius 2 is 1.06 bits per heavy atom. The Bertz CT molecular complexity index is 881. The lowest BCUT2D eigenvalue weighted by Gasteiger charge is -2.21. The molecule has 0 aliphatic heterocycles. The molecule has 0 saturated carbocycles. The number of nitrogens with zero attached hydrogens (tertiary/aromatic N) is 2. The van der Waals surface area contributed by atoms with Crippen molar-refractivity contribution in [2.24, 2.45) is 0 Å². The summed E-state index contributed by atoms with van der Waals surface area (Å²) in [7, 11) is 0. The van der Waals surface area contributed by atoms with Crippen LogP contribution < -0.4 is 9.47 Å². The van der Waals surface area contributed by atoms with Crippen LogP contribution in [-0.4, -0.2) is 0 Å². The van der Waals surface area contributed by atoms with E-state index in [0.29, 0.717) is 31.1 Å². The number of hydrogen-bond donors (Lipinski definition) is 4. The van der Waals surface area contributed by atoms with E-state index in [-0.39, 0.29) is 5.92 Å². The van der Waals surface area contributed by atoms with Crippen LogP contribution in [0.5, 0.6) is 11.5 Å². The van der Waals surface area contributed by atoms with Gasteiger partial charge < -0.3 is 9.47 Å². The highest BCUT2D eigenvalue weighted by atomic mass is 32.1. The molecule has 170 valence electrons. The van der Waals surface area contributed by atoms with Crippen molar-refractivity contribution in [3.8, 4) is 24.0 Å². The Labute approximate surface area is 213 Å². The Morgan fingerprint density at radius 3 is 1.44 bits per heavy atom. The Kier molecular flexibility index (Phi) is 11.5. The summed E-state index contributed by atoms with van der Waals surface area (Å²) in [6, 6.07) is 7.66. The molecule has 0 bridgehead atoms. The summed E-state index contributed by atoms with van der Waals surface area (Å²) in [6.07, 6.45) is 12.8. The summed E-state index contributed by atoms with van der Waals surface area (Å²) in [5, 5.41) is 17.8. The van der Waals surface area contributed by atoms with Crippen molar-refractivity contribution >= 4 is 50.5 Å². The standard InChI is InChI=1S/C24H28N2O2S4/c1-2-3-4-5-6-7-8-9-18(16-10-19(29)23(27-14-25)20(30)11-16)17-12-21(31)24(28-15-26)22(32)13-17/h10-13,18,29-32H,2-9H2,1H3. The molecular formula is C24H28N2O2S4. The van der Waals surface area contributed by atoms with E-state index in [9.17, 15) is 0 Å². The Balaban J connectivity index is 2.32. The highest BCUT2D eigenvalue weighted by Crippen LogP contribution is 2.41. The zero-order valence-electron chi connectivity index (χ0n) is 18.0. The van der Waals surface area contributed by atoms with Gasteiger partial charge in [-0.25, -0.2) is 0 Å². The highest BCUT2D eigenvalue weighted by molar-refractivity contribution is 7.81. The number of rotatable bonds is 12. The molecule has 0 atom stereocenters. The number of benzene rings is 2. The van der Waals surface area contributed by atoms with Gasteiger partial charge in [-0.1, -0.05) is 51.9 Å². The van der Waals surface area contributed by atoms with E-state index < -0.39 is 0 Å². The van der Waals surface area contributed by atoms with Gasteiger partial charge in [0.25, 0.3) is 12.5 Å². The second kappa shape index (κ2) is 13.9. The largest absolute Gasteiger partial charge is 0.386 e. The van der Waals surface area contributed by atoms with Gasteiger partial charge in [0.2, 0.25) is 0 Å². The van der Waals surface area contributed by atoms with Crippen LogP contribution >= 0.6 is 50.5 Å². The molecule has 4 nitrogen and oxygen atoms in total. The van der Waals surface area contributed by atoms with Gasteiger partial charge >= 0.3 is 0 Å². The molecule has 0 spiro atoms. The van der Waals surface area contributed by atoms with Crippen LogP contribution in [0, 0.1) is 23.0 Å². The molecule has 0 heterocycles. The van der Waals surface area contributed by atoms with Crippen molar-refractivity contribution in [2.75, 3.05) is 0 Å². The molecule has 0 aliphatic rings. The van der Waals surface area contributed by atoms with Crippen LogP contribution in [0.15, 0.2) is 43.8 Å². The average molecular weight is 505 g/mol. The van der Waals surface area contributed by atoms with E-state index >= 15 is 0 Å². The average Bonchev–Trinajstić information content (AvgIpc) is 2.75. The van der Waals surface area contributed by atoms with Gasteiger partial charge in [-0.05, 0) is 41.8 Å². The quantitative estimate of drug-likeness (QED) is 0.135. The zero-order valence-corrected chi connectivity index (χ0v) is 21.6. The summed E-state index contributed by atoms with van der Waals surface area (Å²) >= 11 is 18.0. The highest BCUT2D eigenvalue weighted by Gasteiger charge is 2.20. The van der Waals surface area contributed by atoms with Crippen LogP contribution in [0.1, 0.15) is 75.3 Å². The number of hydrogen-bond acceptors (Lipinski definition) is 8. The molecule has 0 saturated heterocycles. The molecule has 0 aromatic heterocycles. The molecule has 2 rings (SSSR count). The third-order valence-corrected chi connectivity index (χ3v) is 6.67. The lowest BCUT2D eigenvalue weighted by Crippen LogP contribution is -2.04. The second-order valence-corrected chi connectivity index (χ2v) is 9.55. The van der Waals surface area contributed by atoms with Gasteiger partial charge in [0, 0.05) is 25.5 Å². The van der Waals surface area contributed by atoms with Crippen LogP contribution in [0.2, 0.25) is 0 Å². The first-order chi connectivity index (χ1) is 15.4. The fourth-order valence-electron chi connectivity index (χ4n) is 3.77. The topological polar surface area (TPSA) is 66.0 Å². The molecule has 0 aliphatic carbocycles. The SMILES string of the molecule is CCCCCCCCCC(c1cc(S)c(OC#N)c(S)c1)c1cc(S)c(OC#N)c(S)c1. The summed E-state index contributed by atoms with van der Waals surface area (Å²) in [5.41, 5.74) is 2.04. The number of unbranched alkanes of at least 4 members (excludes halogenated alkanes) is 6.